The van der Waals surface area contributed by atoms with Crippen LogP contribution in [-0.2, 0) is 16.1 Å². The lowest BCUT2D eigenvalue weighted by Crippen LogP contribution is -2.22. The van der Waals surface area contributed by atoms with E-state index in [9.17, 15) is 9.59 Å². The molecule has 0 aliphatic rings. The molecule has 5 nitrogen and oxygen atoms in total. The van der Waals surface area contributed by atoms with Crippen molar-refractivity contribution >= 4 is 17.6 Å². The molecule has 126 valence electrons. The van der Waals surface area contributed by atoms with E-state index in [-0.39, 0.29) is 5.91 Å². The van der Waals surface area contributed by atoms with E-state index in [4.69, 9.17) is 4.74 Å². The number of carbonyl (C=O) groups excluding carboxylic acids is 2. The summed E-state index contributed by atoms with van der Waals surface area (Å²) >= 11 is 0. The number of para-hydroxylation sites is 1. The normalized spacial score (nSPS) is 10.2. The monoisotopic (exact) mass is 326 g/mol. The summed E-state index contributed by atoms with van der Waals surface area (Å²) in [6.07, 6.45) is 0.321. The molecule has 0 aliphatic carbocycles. The Kier molecular flexibility index (Phi) is 6.51. The maximum absolute atomic E-state index is 12.0. The summed E-state index contributed by atoms with van der Waals surface area (Å²) in [5, 5.41) is 5.99. The van der Waals surface area contributed by atoms with Crippen molar-refractivity contribution in [3.8, 4) is 0 Å². The van der Waals surface area contributed by atoms with Crippen LogP contribution in [0.25, 0.3) is 0 Å². The van der Waals surface area contributed by atoms with E-state index in [1.165, 1.54) is 18.2 Å². The lowest BCUT2D eigenvalue weighted by atomic mass is 10.1. The summed E-state index contributed by atoms with van der Waals surface area (Å²) in [5.41, 5.74) is 3.22. The van der Waals surface area contributed by atoms with Gasteiger partial charge in [-0.05, 0) is 24.6 Å². The predicted octanol–water partition coefficient (Wildman–Crippen LogP) is 2.90. The second-order valence-electron chi connectivity index (χ2n) is 5.50. The molecule has 0 heterocycles. The number of anilines is 1. The van der Waals surface area contributed by atoms with Gasteiger partial charge in [-0.15, -0.1) is 0 Å². The number of aryl methyl sites for hydroxylation is 1. The molecule has 1 amide bonds. The first-order valence-electron chi connectivity index (χ1n) is 7.83. The summed E-state index contributed by atoms with van der Waals surface area (Å²) in [6.45, 7) is 3.32. The van der Waals surface area contributed by atoms with Crippen molar-refractivity contribution in [3.63, 3.8) is 0 Å². The van der Waals surface area contributed by atoms with Crippen LogP contribution in [0.2, 0.25) is 0 Å². The molecule has 0 bridgehead atoms. The maximum Gasteiger partial charge on any atom is 0.339 e. The zero-order valence-electron chi connectivity index (χ0n) is 14.0. The van der Waals surface area contributed by atoms with Crippen LogP contribution >= 0.6 is 0 Å². The number of hydrogen-bond acceptors (Lipinski definition) is 4. The van der Waals surface area contributed by atoms with Gasteiger partial charge in [0.05, 0.1) is 18.4 Å². The molecule has 0 aliphatic heterocycles. The number of methoxy groups -OCH3 is 1. The summed E-state index contributed by atoms with van der Waals surface area (Å²) in [7, 11) is 1.32. The minimum atomic E-state index is -0.469. The Bertz CT molecular complexity index is 696. The number of esters is 1. The van der Waals surface area contributed by atoms with Crippen LogP contribution in [0, 0.1) is 6.92 Å². The van der Waals surface area contributed by atoms with Crippen LogP contribution in [0.3, 0.4) is 0 Å². The molecule has 0 unspecified atom stereocenters. The summed E-state index contributed by atoms with van der Waals surface area (Å²) in [4.78, 5) is 23.7. The smallest absolute Gasteiger partial charge is 0.339 e. The van der Waals surface area contributed by atoms with Crippen molar-refractivity contribution in [1.82, 2.24) is 5.32 Å². The lowest BCUT2D eigenvalue weighted by Gasteiger charge is -2.10. The highest BCUT2D eigenvalue weighted by Gasteiger charge is 2.12. The minimum absolute atomic E-state index is 0.150. The Morgan fingerprint density at radius 1 is 1.04 bits per heavy atom. The largest absolute Gasteiger partial charge is 0.465 e. The van der Waals surface area contributed by atoms with Crippen LogP contribution < -0.4 is 10.6 Å². The van der Waals surface area contributed by atoms with Gasteiger partial charge >= 0.3 is 5.97 Å². The van der Waals surface area contributed by atoms with E-state index in [1.807, 2.05) is 6.92 Å². The van der Waals surface area contributed by atoms with Gasteiger partial charge in [-0.25, -0.2) is 4.79 Å². The van der Waals surface area contributed by atoms with Crippen molar-refractivity contribution in [2.75, 3.05) is 19.0 Å². The Morgan fingerprint density at radius 2 is 1.75 bits per heavy atom. The molecule has 0 fully saturated rings. The highest BCUT2D eigenvalue weighted by Crippen LogP contribution is 2.16. The van der Waals surface area contributed by atoms with Gasteiger partial charge in [0.2, 0.25) is 5.91 Å². The molecule has 0 saturated heterocycles. The van der Waals surface area contributed by atoms with Gasteiger partial charge in [-0.3, -0.25) is 4.79 Å². The lowest BCUT2D eigenvalue weighted by molar-refractivity contribution is -0.116. The highest BCUT2D eigenvalue weighted by atomic mass is 16.5. The van der Waals surface area contributed by atoms with Crippen molar-refractivity contribution in [3.05, 3.63) is 65.2 Å². The van der Waals surface area contributed by atoms with Crippen LogP contribution in [-0.4, -0.2) is 25.5 Å². The van der Waals surface area contributed by atoms with Crippen molar-refractivity contribution in [2.24, 2.45) is 0 Å². The van der Waals surface area contributed by atoms with Gasteiger partial charge < -0.3 is 15.4 Å². The third-order valence-electron chi connectivity index (χ3n) is 3.59. The zero-order valence-corrected chi connectivity index (χ0v) is 14.0. The number of amides is 1. The molecule has 2 rings (SSSR count). The van der Waals surface area contributed by atoms with Crippen LogP contribution in [0.5, 0.6) is 0 Å². The molecule has 0 spiro atoms. The van der Waals surface area contributed by atoms with E-state index in [1.54, 1.807) is 24.3 Å². The predicted molar refractivity (Wildman–Crippen MR) is 93.9 cm³/mol. The number of benzene rings is 2. The van der Waals surface area contributed by atoms with Gasteiger partial charge in [0.1, 0.15) is 0 Å². The average Bonchev–Trinajstić information content (AvgIpc) is 2.60. The summed E-state index contributed by atoms with van der Waals surface area (Å²) in [5.74, 6) is -0.619. The van der Waals surface area contributed by atoms with Gasteiger partial charge in [0, 0.05) is 19.5 Å². The van der Waals surface area contributed by atoms with Crippen LogP contribution in [0.1, 0.15) is 27.9 Å². The van der Waals surface area contributed by atoms with Crippen molar-refractivity contribution in [2.45, 2.75) is 19.9 Å². The van der Waals surface area contributed by atoms with E-state index in [0.29, 0.717) is 30.8 Å². The van der Waals surface area contributed by atoms with Gasteiger partial charge in [-0.1, -0.05) is 42.0 Å². The van der Waals surface area contributed by atoms with Crippen molar-refractivity contribution < 1.29 is 14.3 Å². The van der Waals surface area contributed by atoms with E-state index in [0.717, 1.165) is 0 Å². The molecular weight excluding hydrogens is 304 g/mol. The molecule has 2 aromatic rings. The molecule has 0 atom stereocenters. The average molecular weight is 326 g/mol. The third-order valence-corrected chi connectivity index (χ3v) is 3.59. The van der Waals surface area contributed by atoms with Crippen molar-refractivity contribution in [1.29, 1.82) is 0 Å². The fourth-order valence-electron chi connectivity index (χ4n) is 2.23. The minimum Gasteiger partial charge on any atom is -0.465 e. The molecule has 0 saturated carbocycles. The van der Waals surface area contributed by atoms with Crippen LogP contribution in [0.15, 0.2) is 48.5 Å². The molecule has 2 N–H and O–H groups in total. The van der Waals surface area contributed by atoms with E-state index in [2.05, 4.69) is 34.9 Å². The first kappa shape index (κ1) is 17.7. The molecule has 0 aromatic heterocycles. The Labute approximate surface area is 142 Å². The first-order chi connectivity index (χ1) is 11.6. The summed E-state index contributed by atoms with van der Waals surface area (Å²) < 4.78 is 4.71. The SMILES string of the molecule is COC(=O)c1ccccc1NC(=O)CCNCc1ccc(C)cc1. The van der Waals surface area contributed by atoms with E-state index >= 15 is 0 Å². The maximum atomic E-state index is 12.0. The summed E-state index contributed by atoms with van der Waals surface area (Å²) in [6, 6.07) is 15.1. The fourth-order valence-corrected chi connectivity index (χ4v) is 2.23. The zero-order chi connectivity index (χ0) is 17.4. The topological polar surface area (TPSA) is 67.4 Å². The van der Waals surface area contributed by atoms with Gasteiger partial charge in [-0.2, -0.15) is 0 Å². The number of hydrogen-bond donors (Lipinski definition) is 2. The van der Waals surface area contributed by atoms with E-state index < -0.39 is 5.97 Å². The quantitative estimate of drug-likeness (QED) is 0.606. The highest BCUT2D eigenvalue weighted by molar-refractivity contribution is 6.01. The van der Waals surface area contributed by atoms with Crippen LogP contribution in [0.4, 0.5) is 5.69 Å². The molecule has 5 heteroatoms. The standard InChI is InChI=1S/C19H22N2O3/c1-14-7-9-15(10-8-14)13-20-12-11-18(22)21-17-6-4-3-5-16(17)19(23)24-2/h3-10,20H,11-13H2,1-2H3,(H,21,22). The molecule has 24 heavy (non-hydrogen) atoms. The fraction of sp³-hybridized carbons (Fsp3) is 0.263. The van der Waals surface area contributed by atoms with Gasteiger partial charge in [0.25, 0.3) is 0 Å². The Hall–Kier alpha value is -2.66. The molecule has 0 radical (unpaired) electrons. The number of rotatable bonds is 7. The number of carbonyl (C=O) groups is 2. The second-order valence-corrected chi connectivity index (χ2v) is 5.50. The molecular formula is C19H22N2O3. The van der Waals surface area contributed by atoms with Gasteiger partial charge in [0.15, 0.2) is 0 Å². The third kappa shape index (κ3) is 5.21. The Balaban J connectivity index is 1.79. The number of ether oxygens (including phenoxy) is 1. The second kappa shape index (κ2) is 8.84. The first-order valence-corrected chi connectivity index (χ1v) is 7.83. The number of nitrogens with one attached hydrogen (secondary N) is 2. The Morgan fingerprint density at radius 3 is 2.46 bits per heavy atom. The molecule has 2 aromatic carbocycles.